The van der Waals surface area contributed by atoms with Crippen molar-refractivity contribution in [3.05, 3.63) is 24.3 Å². The number of amides is 1. The summed E-state index contributed by atoms with van der Waals surface area (Å²) in [5.41, 5.74) is 0.975. The van der Waals surface area contributed by atoms with Gasteiger partial charge in [-0.3, -0.25) is 4.79 Å². The van der Waals surface area contributed by atoms with E-state index in [0.717, 1.165) is 28.7 Å². The Labute approximate surface area is 103 Å². The number of nitrogens with one attached hydrogen (secondary N) is 2. The van der Waals surface area contributed by atoms with Crippen molar-refractivity contribution >= 4 is 33.3 Å². The van der Waals surface area contributed by atoms with Gasteiger partial charge in [-0.15, -0.1) is 0 Å². The molecule has 0 unspecified atom stereocenters. The van der Waals surface area contributed by atoms with Gasteiger partial charge in [0, 0.05) is 11.4 Å². The fourth-order valence-corrected chi connectivity index (χ4v) is 2.44. The SMILES string of the molecule is O=C(CNc1snc2ccccc12)NC1CC1. The van der Waals surface area contributed by atoms with Crippen LogP contribution in [0.3, 0.4) is 0 Å². The number of carbonyl (C=O) groups excluding carboxylic acids is 1. The van der Waals surface area contributed by atoms with Crippen LogP contribution in [0.5, 0.6) is 0 Å². The van der Waals surface area contributed by atoms with Crippen LogP contribution in [0.1, 0.15) is 12.8 Å². The van der Waals surface area contributed by atoms with Crippen molar-refractivity contribution in [3.8, 4) is 0 Å². The lowest BCUT2D eigenvalue weighted by Crippen LogP contribution is -2.31. The van der Waals surface area contributed by atoms with Crippen molar-refractivity contribution in [2.75, 3.05) is 11.9 Å². The second-order valence-electron chi connectivity index (χ2n) is 4.22. The monoisotopic (exact) mass is 247 g/mol. The van der Waals surface area contributed by atoms with E-state index in [1.54, 1.807) is 0 Å². The van der Waals surface area contributed by atoms with E-state index in [4.69, 9.17) is 0 Å². The normalized spacial score (nSPS) is 14.8. The van der Waals surface area contributed by atoms with Crippen molar-refractivity contribution in [1.29, 1.82) is 0 Å². The van der Waals surface area contributed by atoms with Crippen LogP contribution in [0.25, 0.3) is 10.9 Å². The smallest absolute Gasteiger partial charge is 0.239 e. The molecule has 0 spiro atoms. The summed E-state index contributed by atoms with van der Waals surface area (Å²) < 4.78 is 4.32. The van der Waals surface area contributed by atoms with Gasteiger partial charge in [0.05, 0.1) is 12.1 Å². The van der Waals surface area contributed by atoms with Crippen molar-refractivity contribution in [2.45, 2.75) is 18.9 Å². The molecule has 1 aliphatic rings. The van der Waals surface area contributed by atoms with Gasteiger partial charge < -0.3 is 10.6 Å². The molecule has 1 aliphatic carbocycles. The number of benzene rings is 1. The van der Waals surface area contributed by atoms with Gasteiger partial charge in [0.15, 0.2) is 0 Å². The molecule has 0 aliphatic heterocycles. The first kappa shape index (κ1) is 10.5. The standard InChI is InChI=1S/C12H13N3OS/c16-11(14-8-5-6-8)7-13-12-9-3-1-2-4-10(9)15-17-12/h1-4,8,13H,5-7H2,(H,14,16). The first-order chi connectivity index (χ1) is 8.33. The maximum absolute atomic E-state index is 11.5. The van der Waals surface area contributed by atoms with E-state index in [-0.39, 0.29) is 5.91 Å². The molecule has 3 rings (SSSR count). The fraction of sp³-hybridized carbons (Fsp3) is 0.333. The van der Waals surface area contributed by atoms with Gasteiger partial charge in [-0.1, -0.05) is 12.1 Å². The number of fused-ring (bicyclic) bond motifs is 1. The Morgan fingerprint density at radius 3 is 3.06 bits per heavy atom. The Hall–Kier alpha value is -1.62. The van der Waals surface area contributed by atoms with Crippen LogP contribution in [0, 0.1) is 0 Å². The van der Waals surface area contributed by atoms with Gasteiger partial charge in [0.25, 0.3) is 0 Å². The quantitative estimate of drug-likeness (QED) is 0.868. The van der Waals surface area contributed by atoms with Crippen LogP contribution in [-0.4, -0.2) is 22.9 Å². The molecule has 1 aromatic heterocycles. The summed E-state index contributed by atoms with van der Waals surface area (Å²) in [5, 5.41) is 8.14. The first-order valence-electron chi connectivity index (χ1n) is 5.70. The molecular formula is C12H13N3OS. The molecule has 0 bridgehead atoms. The minimum atomic E-state index is 0.0602. The summed E-state index contributed by atoms with van der Waals surface area (Å²) in [6.45, 7) is 0.322. The van der Waals surface area contributed by atoms with Gasteiger partial charge in [0.2, 0.25) is 5.91 Å². The number of rotatable bonds is 4. The lowest BCUT2D eigenvalue weighted by molar-refractivity contribution is -0.119. The molecule has 0 saturated heterocycles. The third-order valence-electron chi connectivity index (χ3n) is 2.74. The largest absolute Gasteiger partial charge is 0.366 e. The van der Waals surface area contributed by atoms with Crippen LogP contribution in [0.2, 0.25) is 0 Å². The zero-order valence-electron chi connectivity index (χ0n) is 9.27. The molecule has 2 aromatic rings. The topological polar surface area (TPSA) is 54.0 Å². The molecule has 17 heavy (non-hydrogen) atoms. The fourth-order valence-electron chi connectivity index (χ4n) is 1.68. The highest BCUT2D eigenvalue weighted by atomic mass is 32.1. The Kier molecular flexibility index (Phi) is 2.68. The molecule has 1 heterocycles. The van der Waals surface area contributed by atoms with Crippen LogP contribution < -0.4 is 10.6 Å². The van der Waals surface area contributed by atoms with Crippen molar-refractivity contribution < 1.29 is 4.79 Å². The molecule has 0 atom stereocenters. The molecule has 4 nitrogen and oxygen atoms in total. The number of nitrogens with zero attached hydrogens (tertiary/aromatic N) is 1. The highest BCUT2D eigenvalue weighted by Crippen LogP contribution is 2.26. The molecule has 0 radical (unpaired) electrons. The first-order valence-corrected chi connectivity index (χ1v) is 6.48. The molecule has 1 fully saturated rings. The number of hydrogen-bond acceptors (Lipinski definition) is 4. The van der Waals surface area contributed by atoms with E-state index in [2.05, 4.69) is 15.0 Å². The minimum Gasteiger partial charge on any atom is -0.366 e. The number of carbonyl (C=O) groups is 1. The van der Waals surface area contributed by atoms with Crippen molar-refractivity contribution in [1.82, 2.24) is 9.69 Å². The summed E-state index contributed by atoms with van der Waals surface area (Å²) in [7, 11) is 0. The Bertz CT molecular complexity index is 547. The highest BCUT2D eigenvalue weighted by Gasteiger charge is 2.22. The Balaban J connectivity index is 1.65. The van der Waals surface area contributed by atoms with E-state index in [1.807, 2.05) is 24.3 Å². The second-order valence-corrected chi connectivity index (χ2v) is 5.00. The number of anilines is 1. The Morgan fingerprint density at radius 2 is 2.24 bits per heavy atom. The second kappa shape index (κ2) is 4.33. The van der Waals surface area contributed by atoms with Crippen molar-refractivity contribution in [2.24, 2.45) is 0 Å². The molecular weight excluding hydrogens is 234 g/mol. The van der Waals surface area contributed by atoms with Gasteiger partial charge in [-0.25, -0.2) is 0 Å². The molecule has 5 heteroatoms. The minimum absolute atomic E-state index is 0.0602. The van der Waals surface area contributed by atoms with Crippen molar-refractivity contribution in [3.63, 3.8) is 0 Å². The van der Waals surface area contributed by atoms with E-state index in [1.165, 1.54) is 11.5 Å². The summed E-state index contributed by atoms with van der Waals surface area (Å²) >= 11 is 1.40. The zero-order chi connectivity index (χ0) is 11.7. The number of aromatic nitrogens is 1. The predicted molar refractivity (Wildman–Crippen MR) is 69.3 cm³/mol. The van der Waals surface area contributed by atoms with E-state index < -0.39 is 0 Å². The van der Waals surface area contributed by atoms with E-state index in [9.17, 15) is 4.79 Å². The lowest BCUT2D eigenvalue weighted by atomic mass is 10.2. The highest BCUT2D eigenvalue weighted by molar-refractivity contribution is 7.11. The van der Waals surface area contributed by atoms with Crippen LogP contribution >= 0.6 is 11.5 Å². The number of hydrogen-bond donors (Lipinski definition) is 2. The average molecular weight is 247 g/mol. The molecule has 2 N–H and O–H groups in total. The zero-order valence-corrected chi connectivity index (χ0v) is 10.1. The van der Waals surface area contributed by atoms with E-state index >= 15 is 0 Å². The third-order valence-corrected chi connectivity index (χ3v) is 3.57. The molecule has 1 amide bonds. The van der Waals surface area contributed by atoms with E-state index in [0.29, 0.717) is 12.6 Å². The van der Waals surface area contributed by atoms with Crippen LogP contribution in [0.15, 0.2) is 24.3 Å². The van der Waals surface area contributed by atoms with Crippen LogP contribution in [-0.2, 0) is 4.79 Å². The van der Waals surface area contributed by atoms with Crippen LogP contribution in [0.4, 0.5) is 5.00 Å². The van der Waals surface area contributed by atoms with Gasteiger partial charge in [0.1, 0.15) is 5.00 Å². The molecule has 1 aromatic carbocycles. The predicted octanol–water partition coefficient (Wildman–Crippen LogP) is 1.99. The lowest BCUT2D eigenvalue weighted by Gasteiger charge is -2.04. The third kappa shape index (κ3) is 2.39. The Morgan fingerprint density at radius 1 is 1.41 bits per heavy atom. The van der Waals surface area contributed by atoms with Gasteiger partial charge in [-0.2, -0.15) is 4.37 Å². The molecule has 88 valence electrons. The maximum Gasteiger partial charge on any atom is 0.239 e. The average Bonchev–Trinajstić information content (AvgIpc) is 3.06. The van der Waals surface area contributed by atoms with Gasteiger partial charge >= 0.3 is 0 Å². The molecule has 1 saturated carbocycles. The maximum atomic E-state index is 11.5. The summed E-state index contributed by atoms with van der Waals surface area (Å²) in [5.74, 6) is 0.0602. The van der Waals surface area contributed by atoms with Gasteiger partial charge in [-0.05, 0) is 36.5 Å². The summed E-state index contributed by atoms with van der Waals surface area (Å²) in [6, 6.07) is 8.35. The summed E-state index contributed by atoms with van der Waals surface area (Å²) in [6.07, 6.45) is 2.24. The summed E-state index contributed by atoms with van der Waals surface area (Å²) in [4.78, 5) is 11.5.